The van der Waals surface area contributed by atoms with Gasteiger partial charge in [-0.3, -0.25) is 34.3 Å². The van der Waals surface area contributed by atoms with E-state index in [2.05, 4.69) is 22.3 Å². The highest BCUT2D eigenvalue weighted by Crippen LogP contribution is 2.42. The number of fused-ring (bicyclic) bond motifs is 1. The minimum Gasteiger partial charge on any atom is -0.385 e. The van der Waals surface area contributed by atoms with Gasteiger partial charge in [0.25, 0.3) is 11.8 Å². The van der Waals surface area contributed by atoms with Crippen LogP contribution in [-0.2, 0) is 21.7 Å². The van der Waals surface area contributed by atoms with Crippen molar-refractivity contribution < 1.29 is 24.3 Å². The zero-order chi connectivity index (χ0) is 24.0. The molecule has 2 aromatic carbocycles. The first-order valence-electron chi connectivity index (χ1n) is 11.3. The van der Waals surface area contributed by atoms with Crippen LogP contribution in [-0.4, -0.2) is 57.7 Å². The van der Waals surface area contributed by atoms with E-state index in [-0.39, 0.29) is 29.0 Å². The zero-order valence-electron chi connectivity index (χ0n) is 18.4. The number of imide groups is 2. The predicted octanol–water partition coefficient (Wildman–Crippen LogP) is 2.22. The summed E-state index contributed by atoms with van der Waals surface area (Å²) in [4.78, 5) is 53.1. The van der Waals surface area contributed by atoms with Gasteiger partial charge in [-0.25, -0.2) is 0 Å². The summed E-state index contributed by atoms with van der Waals surface area (Å²) in [5.41, 5.74) is 0.493. The van der Waals surface area contributed by atoms with Crippen LogP contribution in [0.25, 0.3) is 0 Å². The van der Waals surface area contributed by atoms with Crippen molar-refractivity contribution in [3.63, 3.8) is 0 Å². The number of nitrogens with one attached hydrogen (secondary N) is 1. The Kier molecular flexibility index (Phi) is 5.75. The van der Waals surface area contributed by atoms with Crippen LogP contribution in [0.2, 0.25) is 5.02 Å². The highest BCUT2D eigenvalue weighted by molar-refractivity contribution is 6.38. The van der Waals surface area contributed by atoms with Gasteiger partial charge in [0.2, 0.25) is 11.8 Å². The first-order valence-corrected chi connectivity index (χ1v) is 11.7. The molecule has 2 aromatic rings. The molecule has 5 rings (SSSR count). The highest BCUT2D eigenvalue weighted by Gasteiger charge is 2.47. The molecule has 34 heavy (non-hydrogen) atoms. The number of likely N-dealkylation sites (tertiary alicyclic amines) is 1. The Labute approximate surface area is 201 Å². The van der Waals surface area contributed by atoms with Crippen LogP contribution in [0.5, 0.6) is 0 Å². The van der Waals surface area contributed by atoms with E-state index in [9.17, 15) is 24.3 Å². The Morgan fingerprint density at radius 3 is 2.38 bits per heavy atom. The Bertz CT molecular complexity index is 1190. The van der Waals surface area contributed by atoms with Gasteiger partial charge in [-0.2, -0.15) is 0 Å². The van der Waals surface area contributed by atoms with Crippen molar-refractivity contribution in [2.75, 3.05) is 13.1 Å². The van der Waals surface area contributed by atoms with Crippen molar-refractivity contribution in [1.29, 1.82) is 0 Å². The molecule has 0 aromatic heterocycles. The number of rotatable bonds is 4. The second-order valence-corrected chi connectivity index (χ2v) is 9.47. The Hall–Kier alpha value is -3.07. The molecule has 0 saturated carbocycles. The third kappa shape index (κ3) is 3.81. The number of carbonyl (C=O) groups is 4. The van der Waals surface area contributed by atoms with E-state index >= 15 is 0 Å². The molecule has 2 N–H and O–H groups in total. The average molecular weight is 482 g/mol. The van der Waals surface area contributed by atoms with Crippen molar-refractivity contribution in [2.45, 2.75) is 43.9 Å². The average Bonchev–Trinajstić information content (AvgIpc) is 3.07. The summed E-state index contributed by atoms with van der Waals surface area (Å²) in [5.74, 6) is -2.40. The minimum atomic E-state index is -1.23. The molecule has 0 spiro atoms. The topological polar surface area (TPSA) is 107 Å². The van der Waals surface area contributed by atoms with Crippen molar-refractivity contribution in [3.05, 3.63) is 69.7 Å². The lowest BCUT2D eigenvalue weighted by Gasteiger charge is -2.39. The van der Waals surface area contributed by atoms with Gasteiger partial charge in [0.15, 0.2) is 0 Å². The van der Waals surface area contributed by atoms with Crippen LogP contribution in [0.15, 0.2) is 42.5 Å². The SMILES string of the molecule is O=C1CCC(N2C(=O)c3ccc(C4(O)CCN(Cc5ccccc5)CC4)c(Cl)c3C2=O)C(=O)N1. The van der Waals surface area contributed by atoms with Crippen molar-refractivity contribution in [3.8, 4) is 0 Å². The fraction of sp³-hybridized carbons (Fsp3) is 0.360. The number of hydrogen-bond acceptors (Lipinski definition) is 6. The summed E-state index contributed by atoms with van der Waals surface area (Å²) >= 11 is 6.64. The Morgan fingerprint density at radius 2 is 1.71 bits per heavy atom. The Morgan fingerprint density at radius 1 is 1.00 bits per heavy atom. The maximum Gasteiger partial charge on any atom is 0.263 e. The second kappa shape index (κ2) is 8.61. The normalized spacial score (nSPS) is 22.6. The lowest BCUT2D eigenvalue weighted by Crippen LogP contribution is -2.54. The van der Waals surface area contributed by atoms with Gasteiger partial charge in [-0.05, 0) is 30.9 Å². The van der Waals surface area contributed by atoms with Crippen LogP contribution >= 0.6 is 11.6 Å². The van der Waals surface area contributed by atoms with Crippen molar-refractivity contribution in [1.82, 2.24) is 15.1 Å². The molecule has 4 amide bonds. The molecule has 2 saturated heterocycles. The monoisotopic (exact) mass is 481 g/mol. The molecular weight excluding hydrogens is 458 g/mol. The fourth-order valence-corrected chi connectivity index (χ4v) is 5.49. The molecule has 2 fully saturated rings. The van der Waals surface area contributed by atoms with Crippen molar-refractivity contribution >= 4 is 35.2 Å². The van der Waals surface area contributed by atoms with Gasteiger partial charge in [0.05, 0.1) is 21.8 Å². The van der Waals surface area contributed by atoms with Crippen molar-refractivity contribution in [2.24, 2.45) is 0 Å². The molecule has 176 valence electrons. The van der Waals surface area contributed by atoms with E-state index in [1.807, 2.05) is 18.2 Å². The van der Waals surface area contributed by atoms with Crippen LogP contribution in [0, 0.1) is 0 Å². The van der Waals surface area contributed by atoms with E-state index in [0.717, 1.165) is 11.4 Å². The third-order valence-electron chi connectivity index (χ3n) is 6.98. The molecule has 3 aliphatic rings. The lowest BCUT2D eigenvalue weighted by molar-refractivity contribution is -0.136. The number of benzene rings is 2. The molecule has 8 nitrogen and oxygen atoms in total. The summed E-state index contributed by atoms with van der Waals surface area (Å²) in [6.45, 7) is 2.07. The van der Waals surface area contributed by atoms with E-state index < -0.39 is 35.3 Å². The van der Waals surface area contributed by atoms with Gasteiger partial charge in [0, 0.05) is 31.6 Å². The summed E-state index contributed by atoms with van der Waals surface area (Å²) in [7, 11) is 0. The number of halogens is 1. The molecule has 0 aliphatic carbocycles. The summed E-state index contributed by atoms with van der Waals surface area (Å²) in [6.07, 6.45) is 0.971. The molecule has 3 aliphatic heterocycles. The fourth-order valence-electron chi connectivity index (χ4n) is 5.07. The maximum atomic E-state index is 13.2. The first-order chi connectivity index (χ1) is 16.3. The summed E-state index contributed by atoms with van der Waals surface area (Å²) in [6, 6.07) is 12.1. The number of amides is 4. The first kappa shape index (κ1) is 22.7. The van der Waals surface area contributed by atoms with Crippen LogP contribution in [0.4, 0.5) is 0 Å². The molecular formula is C25H24ClN3O5. The molecule has 0 bridgehead atoms. The minimum absolute atomic E-state index is 0.00834. The quantitative estimate of drug-likeness (QED) is 0.648. The molecule has 0 radical (unpaired) electrons. The number of piperidine rings is 2. The van der Waals surface area contributed by atoms with Gasteiger partial charge in [0.1, 0.15) is 6.04 Å². The zero-order valence-corrected chi connectivity index (χ0v) is 19.2. The molecule has 1 unspecified atom stereocenters. The molecule has 1 atom stereocenters. The largest absolute Gasteiger partial charge is 0.385 e. The predicted molar refractivity (Wildman–Crippen MR) is 123 cm³/mol. The number of hydrogen-bond donors (Lipinski definition) is 2. The van der Waals surface area contributed by atoms with E-state index in [4.69, 9.17) is 11.6 Å². The Balaban J connectivity index is 1.37. The number of nitrogens with zero attached hydrogens (tertiary/aromatic N) is 2. The maximum absolute atomic E-state index is 13.2. The van der Waals surface area contributed by atoms with E-state index in [1.54, 1.807) is 6.07 Å². The van der Waals surface area contributed by atoms with Gasteiger partial charge in [-0.1, -0.05) is 48.0 Å². The van der Waals surface area contributed by atoms with Gasteiger partial charge in [-0.15, -0.1) is 0 Å². The van der Waals surface area contributed by atoms with E-state index in [0.29, 0.717) is 31.5 Å². The van der Waals surface area contributed by atoms with Crippen LogP contribution in [0.3, 0.4) is 0 Å². The van der Waals surface area contributed by atoms with Gasteiger partial charge < -0.3 is 5.11 Å². The van der Waals surface area contributed by atoms with Crippen LogP contribution in [0.1, 0.15) is 57.5 Å². The summed E-state index contributed by atoms with van der Waals surface area (Å²) in [5, 5.41) is 13.7. The summed E-state index contributed by atoms with van der Waals surface area (Å²) < 4.78 is 0. The smallest absolute Gasteiger partial charge is 0.263 e. The molecule has 9 heteroatoms. The molecule has 3 heterocycles. The number of carbonyl (C=O) groups excluding carboxylic acids is 4. The lowest BCUT2D eigenvalue weighted by atomic mass is 9.83. The standard InChI is InChI=1S/C25H24ClN3O5/c26-21-17(25(34)10-12-28(13-11-25)14-15-4-2-1-3-5-15)7-6-16-20(21)24(33)29(23(16)32)18-8-9-19(30)27-22(18)31/h1-7,18,34H,8-14H2,(H,27,30,31). The third-order valence-corrected chi connectivity index (χ3v) is 7.37. The number of aliphatic hydroxyl groups is 1. The van der Waals surface area contributed by atoms with Crippen LogP contribution < -0.4 is 5.32 Å². The van der Waals surface area contributed by atoms with Gasteiger partial charge >= 0.3 is 0 Å². The second-order valence-electron chi connectivity index (χ2n) is 9.09. The highest BCUT2D eigenvalue weighted by atomic mass is 35.5. The van der Waals surface area contributed by atoms with E-state index in [1.165, 1.54) is 11.6 Å².